The van der Waals surface area contributed by atoms with Gasteiger partial charge < -0.3 is 9.52 Å². The number of hydrogen-bond donors (Lipinski definition) is 1. The van der Waals surface area contributed by atoms with Gasteiger partial charge >= 0.3 is 0 Å². The Morgan fingerprint density at radius 2 is 1.48 bits per heavy atom. The zero-order chi connectivity index (χ0) is 28.3. The fraction of sp³-hybridized carbons (Fsp3) is 0.250. The Morgan fingerprint density at radius 1 is 0.775 bits per heavy atom. The van der Waals surface area contributed by atoms with Crippen LogP contribution in [0.3, 0.4) is 0 Å². The van der Waals surface area contributed by atoms with Crippen LogP contribution >= 0.6 is 0 Å². The van der Waals surface area contributed by atoms with E-state index in [0.29, 0.717) is 17.4 Å². The van der Waals surface area contributed by atoms with Crippen LogP contribution in [0.5, 0.6) is 5.75 Å². The molecule has 40 heavy (non-hydrogen) atoms. The van der Waals surface area contributed by atoms with Crippen molar-refractivity contribution in [2.45, 2.75) is 53.4 Å². The fourth-order valence-electron chi connectivity index (χ4n) is 6.20. The molecule has 4 nitrogen and oxygen atoms in total. The maximum absolute atomic E-state index is 11.2. The van der Waals surface area contributed by atoms with E-state index in [1.807, 2.05) is 18.2 Å². The lowest BCUT2D eigenvalue weighted by Crippen LogP contribution is -2.30. The number of rotatable bonds is 5. The average Bonchev–Trinajstić information content (AvgIpc) is 3.47. The average molecular weight is 530 g/mol. The molecule has 0 radical (unpaired) electrons. The molecule has 6 rings (SSSR count). The summed E-state index contributed by atoms with van der Waals surface area (Å²) in [6.07, 6.45) is 4.33. The number of nitrogens with zero attached hydrogens (tertiary/aromatic N) is 2. The van der Waals surface area contributed by atoms with Gasteiger partial charge in [0.1, 0.15) is 35.0 Å². The van der Waals surface area contributed by atoms with E-state index >= 15 is 0 Å². The minimum absolute atomic E-state index is 0.219. The molecular formula is C36H37N2O2+. The zero-order valence-corrected chi connectivity index (χ0v) is 24.4. The molecule has 0 saturated heterocycles. The SMILES string of the molecule is Cc1ccc(-c2cc3c(cc2O)oc2ccccc23)c(C)c1-c1n(-c2c(C(C)C)cccc2C(C)C)cc[n+]1C. The molecule has 0 amide bonds. The van der Waals surface area contributed by atoms with E-state index in [9.17, 15) is 5.11 Å². The van der Waals surface area contributed by atoms with Crippen molar-refractivity contribution in [3.63, 3.8) is 0 Å². The van der Waals surface area contributed by atoms with Gasteiger partial charge in [0.2, 0.25) is 0 Å². The monoisotopic (exact) mass is 529 g/mol. The van der Waals surface area contributed by atoms with E-state index in [2.05, 4.69) is 113 Å². The van der Waals surface area contributed by atoms with Crippen LogP contribution in [-0.2, 0) is 7.05 Å². The van der Waals surface area contributed by atoms with Crippen molar-refractivity contribution < 1.29 is 14.1 Å². The quantitative estimate of drug-likeness (QED) is 0.226. The van der Waals surface area contributed by atoms with Gasteiger partial charge in [-0.15, -0.1) is 0 Å². The van der Waals surface area contributed by atoms with Crippen molar-refractivity contribution in [3.05, 3.63) is 101 Å². The molecule has 0 atom stereocenters. The molecule has 2 aromatic heterocycles. The number of aryl methyl sites for hydroxylation is 2. The molecule has 4 heteroatoms. The molecule has 4 aromatic carbocycles. The summed E-state index contributed by atoms with van der Waals surface area (Å²) in [7, 11) is 2.12. The van der Waals surface area contributed by atoms with E-state index < -0.39 is 0 Å². The van der Waals surface area contributed by atoms with Crippen molar-refractivity contribution in [2.75, 3.05) is 0 Å². The van der Waals surface area contributed by atoms with Crippen molar-refractivity contribution in [2.24, 2.45) is 7.05 Å². The highest BCUT2D eigenvalue weighted by molar-refractivity contribution is 6.07. The first-order valence-corrected chi connectivity index (χ1v) is 14.1. The van der Waals surface area contributed by atoms with Gasteiger partial charge in [-0.25, -0.2) is 4.57 Å². The van der Waals surface area contributed by atoms with Crippen LogP contribution in [0.25, 0.3) is 50.1 Å². The molecule has 0 fully saturated rings. The molecule has 0 bridgehead atoms. The summed E-state index contributed by atoms with van der Waals surface area (Å²) in [5, 5.41) is 13.3. The van der Waals surface area contributed by atoms with Crippen LogP contribution < -0.4 is 4.57 Å². The lowest BCUT2D eigenvalue weighted by Gasteiger charge is -2.19. The van der Waals surface area contributed by atoms with Crippen LogP contribution in [0.1, 0.15) is 61.8 Å². The molecule has 0 aliphatic heterocycles. The van der Waals surface area contributed by atoms with Crippen molar-refractivity contribution in [1.82, 2.24) is 4.57 Å². The number of fused-ring (bicyclic) bond motifs is 3. The van der Waals surface area contributed by atoms with E-state index in [1.54, 1.807) is 6.07 Å². The topological polar surface area (TPSA) is 42.2 Å². The lowest BCUT2D eigenvalue weighted by atomic mass is 9.90. The second-order valence-electron chi connectivity index (χ2n) is 11.6. The first-order chi connectivity index (χ1) is 19.2. The number of phenolic OH excluding ortho intramolecular Hbond substituents is 1. The second kappa shape index (κ2) is 9.71. The Morgan fingerprint density at radius 3 is 2.17 bits per heavy atom. The molecule has 2 heterocycles. The van der Waals surface area contributed by atoms with Crippen LogP contribution in [0.15, 0.2) is 83.5 Å². The number of imidazole rings is 1. The number of hydrogen-bond acceptors (Lipinski definition) is 2. The standard InChI is InChI=1S/C36H36N2O2/c1-21(2)25-12-10-13-26(22(3)4)35(25)38-18-17-37(7)36(38)34-23(5)15-16-27(24(34)6)29-19-30-28-11-8-9-14-32(28)40-33(30)20-31(29)39/h8-22H,1-7H3/p+1. The highest BCUT2D eigenvalue weighted by Crippen LogP contribution is 2.42. The first kappa shape index (κ1) is 25.9. The highest BCUT2D eigenvalue weighted by Gasteiger charge is 2.29. The second-order valence-corrected chi connectivity index (χ2v) is 11.6. The van der Waals surface area contributed by atoms with Gasteiger partial charge in [0, 0.05) is 33.5 Å². The number of aromatic hydroxyl groups is 1. The molecule has 0 saturated carbocycles. The number of para-hydroxylation sites is 2. The lowest BCUT2D eigenvalue weighted by molar-refractivity contribution is -0.659. The Balaban J connectivity index is 1.62. The van der Waals surface area contributed by atoms with E-state index in [1.165, 1.54) is 27.9 Å². The zero-order valence-electron chi connectivity index (χ0n) is 24.4. The highest BCUT2D eigenvalue weighted by atomic mass is 16.3. The van der Waals surface area contributed by atoms with Gasteiger partial charge in [0.25, 0.3) is 5.82 Å². The van der Waals surface area contributed by atoms with Crippen LogP contribution in [0.4, 0.5) is 0 Å². The van der Waals surface area contributed by atoms with Crippen molar-refractivity contribution in [1.29, 1.82) is 0 Å². The molecule has 6 aromatic rings. The van der Waals surface area contributed by atoms with Gasteiger partial charge in [0.15, 0.2) is 0 Å². The smallest absolute Gasteiger partial charge is 0.294 e. The van der Waals surface area contributed by atoms with Gasteiger partial charge in [-0.1, -0.05) is 76.2 Å². The predicted molar refractivity (Wildman–Crippen MR) is 164 cm³/mol. The first-order valence-electron chi connectivity index (χ1n) is 14.1. The third-order valence-corrected chi connectivity index (χ3v) is 8.27. The summed E-state index contributed by atoms with van der Waals surface area (Å²) in [6, 6.07) is 22.9. The predicted octanol–water partition coefficient (Wildman–Crippen LogP) is 9.10. The maximum Gasteiger partial charge on any atom is 0.294 e. The van der Waals surface area contributed by atoms with Crippen molar-refractivity contribution >= 4 is 21.9 Å². The molecule has 0 aliphatic rings. The van der Waals surface area contributed by atoms with Gasteiger partial charge in [-0.3, -0.25) is 0 Å². The Kier molecular flexibility index (Phi) is 6.29. The van der Waals surface area contributed by atoms with Gasteiger partial charge in [0.05, 0.1) is 12.6 Å². The number of furan rings is 1. The third kappa shape index (κ3) is 4.02. The maximum atomic E-state index is 11.2. The molecule has 202 valence electrons. The van der Waals surface area contributed by atoms with E-state index in [0.717, 1.165) is 38.9 Å². The van der Waals surface area contributed by atoms with Gasteiger partial charge in [-0.05, 0) is 54.5 Å². The van der Waals surface area contributed by atoms with Gasteiger partial charge in [-0.2, -0.15) is 4.57 Å². The Bertz CT molecular complexity index is 1880. The number of aromatic nitrogens is 2. The molecular weight excluding hydrogens is 492 g/mol. The Labute approximate surface area is 236 Å². The van der Waals surface area contributed by atoms with E-state index in [-0.39, 0.29) is 5.75 Å². The summed E-state index contributed by atoms with van der Waals surface area (Å²) in [6.45, 7) is 13.4. The normalized spacial score (nSPS) is 11.9. The minimum Gasteiger partial charge on any atom is -0.507 e. The van der Waals surface area contributed by atoms with Crippen LogP contribution in [0, 0.1) is 13.8 Å². The Hall–Kier alpha value is -4.31. The summed E-state index contributed by atoms with van der Waals surface area (Å²) in [5.74, 6) is 2.12. The number of phenols is 1. The fourth-order valence-corrected chi connectivity index (χ4v) is 6.20. The number of benzene rings is 4. The molecule has 0 aliphatic carbocycles. The summed E-state index contributed by atoms with van der Waals surface area (Å²) in [5.41, 5.74) is 10.8. The molecule has 0 spiro atoms. The third-order valence-electron chi connectivity index (χ3n) is 8.27. The molecule has 1 N–H and O–H groups in total. The summed E-state index contributed by atoms with van der Waals surface area (Å²) >= 11 is 0. The van der Waals surface area contributed by atoms with Crippen molar-refractivity contribution in [3.8, 4) is 34.0 Å². The van der Waals surface area contributed by atoms with E-state index in [4.69, 9.17) is 4.42 Å². The van der Waals surface area contributed by atoms with Crippen LogP contribution in [-0.4, -0.2) is 9.67 Å². The minimum atomic E-state index is 0.219. The largest absolute Gasteiger partial charge is 0.507 e. The summed E-state index contributed by atoms with van der Waals surface area (Å²) < 4.78 is 10.6. The summed E-state index contributed by atoms with van der Waals surface area (Å²) in [4.78, 5) is 0. The van der Waals surface area contributed by atoms with Crippen LogP contribution in [0.2, 0.25) is 0 Å². The molecule has 0 unspecified atom stereocenters.